The van der Waals surface area contributed by atoms with Crippen LogP contribution in [0.4, 0.5) is 5.69 Å². The predicted octanol–water partition coefficient (Wildman–Crippen LogP) is 3.49. The van der Waals surface area contributed by atoms with Crippen molar-refractivity contribution < 1.29 is 14.3 Å². The molecule has 0 spiro atoms. The summed E-state index contributed by atoms with van der Waals surface area (Å²) in [4.78, 5) is 33.4. The maximum Gasteiger partial charge on any atom is 0.228 e. The molecule has 0 N–H and O–H groups in total. The van der Waals surface area contributed by atoms with E-state index in [0.29, 0.717) is 25.5 Å². The standard InChI is InChI=1S/C22H24BrN3O3/c1-14-3-5-18(9-15(14)2)26-12-16(10-21(26)27)22(28)25-8-7-19(13-25)29-20-6-4-17(23)11-24-20/h3-6,9,11,16,19H,7-8,10,12-13H2,1-2H3. The first kappa shape index (κ1) is 19.9. The van der Waals surface area contributed by atoms with Crippen molar-refractivity contribution in [3.8, 4) is 5.88 Å². The SMILES string of the molecule is Cc1ccc(N2CC(C(=O)N3CCC(Oc4ccc(Br)cn4)C3)CC2=O)cc1C. The molecule has 2 unspecified atom stereocenters. The van der Waals surface area contributed by atoms with Crippen LogP contribution in [0.15, 0.2) is 41.0 Å². The molecule has 3 heterocycles. The van der Waals surface area contributed by atoms with Crippen molar-refractivity contribution in [2.24, 2.45) is 5.92 Å². The van der Waals surface area contributed by atoms with Crippen LogP contribution in [0.25, 0.3) is 0 Å². The number of aromatic nitrogens is 1. The number of hydrogen-bond acceptors (Lipinski definition) is 4. The summed E-state index contributed by atoms with van der Waals surface area (Å²) in [5.41, 5.74) is 3.21. The number of amides is 2. The van der Waals surface area contributed by atoms with Gasteiger partial charge in [0.2, 0.25) is 17.7 Å². The Morgan fingerprint density at radius 3 is 2.72 bits per heavy atom. The molecule has 2 aliphatic rings. The molecule has 2 fully saturated rings. The van der Waals surface area contributed by atoms with E-state index in [1.807, 2.05) is 49.1 Å². The molecule has 29 heavy (non-hydrogen) atoms. The summed E-state index contributed by atoms with van der Waals surface area (Å²) in [6, 6.07) is 9.69. The number of pyridine rings is 1. The van der Waals surface area contributed by atoms with Gasteiger partial charge in [-0.05, 0) is 59.1 Å². The molecule has 2 saturated heterocycles. The summed E-state index contributed by atoms with van der Waals surface area (Å²) in [5, 5.41) is 0. The number of benzene rings is 1. The normalized spacial score (nSPS) is 21.7. The Kier molecular flexibility index (Phi) is 5.58. The molecule has 152 valence electrons. The Balaban J connectivity index is 1.37. The van der Waals surface area contributed by atoms with Gasteiger partial charge in [0.15, 0.2) is 0 Å². The average Bonchev–Trinajstić information content (AvgIpc) is 3.32. The fourth-order valence-electron chi connectivity index (χ4n) is 3.90. The third kappa shape index (κ3) is 4.29. The van der Waals surface area contributed by atoms with Gasteiger partial charge in [0.25, 0.3) is 0 Å². The maximum atomic E-state index is 13.0. The van der Waals surface area contributed by atoms with Crippen LogP contribution in [0.1, 0.15) is 24.0 Å². The molecule has 7 heteroatoms. The fraction of sp³-hybridized carbons (Fsp3) is 0.409. The van der Waals surface area contributed by atoms with Crippen molar-refractivity contribution >= 4 is 33.4 Å². The van der Waals surface area contributed by atoms with E-state index < -0.39 is 0 Å². The highest BCUT2D eigenvalue weighted by atomic mass is 79.9. The first-order chi connectivity index (χ1) is 13.9. The lowest BCUT2D eigenvalue weighted by atomic mass is 10.1. The Morgan fingerprint density at radius 2 is 2.00 bits per heavy atom. The number of anilines is 1. The van der Waals surface area contributed by atoms with Gasteiger partial charge in [0, 0.05) is 48.4 Å². The van der Waals surface area contributed by atoms with Crippen LogP contribution in [-0.4, -0.2) is 47.4 Å². The van der Waals surface area contributed by atoms with Crippen LogP contribution in [-0.2, 0) is 9.59 Å². The van der Waals surface area contributed by atoms with E-state index in [2.05, 4.69) is 20.9 Å². The minimum absolute atomic E-state index is 0.0117. The second-order valence-corrected chi connectivity index (χ2v) is 8.72. The quantitative estimate of drug-likeness (QED) is 0.704. The lowest BCUT2D eigenvalue weighted by Gasteiger charge is -2.21. The van der Waals surface area contributed by atoms with Crippen molar-refractivity contribution in [1.29, 1.82) is 0 Å². The third-order valence-corrected chi connectivity index (χ3v) is 6.19. The first-order valence-corrected chi connectivity index (χ1v) is 10.6. The Hall–Kier alpha value is -2.41. The number of nitrogens with zero attached hydrogens (tertiary/aromatic N) is 3. The molecule has 1 aromatic carbocycles. The van der Waals surface area contributed by atoms with Crippen LogP contribution in [0.3, 0.4) is 0 Å². The largest absolute Gasteiger partial charge is 0.472 e. The first-order valence-electron chi connectivity index (χ1n) is 9.85. The number of rotatable bonds is 4. The molecule has 0 saturated carbocycles. The van der Waals surface area contributed by atoms with Gasteiger partial charge >= 0.3 is 0 Å². The van der Waals surface area contributed by atoms with Crippen molar-refractivity contribution in [2.45, 2.75) is 32.8 Å². The zero-order valence-corrected chi connectivity index (χ0v) is 18.2. The zero-order chi connectivity index (χ0) is 20.5. The maximum absolute atomic E-state index is 13.0. The van der Waals surface area contributed by atoms with E-state index in [0.717, 1.165) is 22.1 Å². The number of carbonyl (C=O) groups excluding carboxylic acids is 2. The Morgan fingerprint density at radius 1 is 1.17 bits per heavy atom. The highest BCUT2D eigenvalue weighted by Gasteiger charge is 2.39. The summed E-state index contributed by atoms with van der Waals surface area (Å²) in [5.74, 6) is 0.315. The van der Waals surface area contributed by atoms with Crippen molar-refractivity contribution in [2.75, 3.05) is 24.5 Å². The van der Waals surface area contributed by atoms with Crippen LogP contribution in [0.2, 0.25) is 0 Å². The predicted molar refractivity (Wildman–Crippen MR) is 114 cm³/mol. The summed E-state index contributed by atoms with van der Waals surface area (Å²) in [7, 11) is 0. The summed E-state index contributed by atoms with van der Waals surface area (Å²) < 4.78 is 6.80. The molecule has 2 atom stereocenters. The van der Waals surface area contributed by atoms with E-state index in [1.54, 1.807) is 11.1 Å². The second kappa shape index (κ2) is 8.14. The van der Waals surface area contributed by atoms with Crippen LogP contribution < -0.4 is 9.64 Å². The molecule has 6 nitrogen and oxygen atoms in total. The van der Waals surface area contributed by atoms with E-state index >= 15 is 0 Å². The number of hydrogen-bond donors (Lipinski definition) is 0. The Bertz CT molecular complexity index is 931. The molecule has 2 amide bonds. The number of halogens is 1. The lowest BCUT2D eigenvalue weighted by molar-refractivity contribution is -0.135. The molecule has 2 aromatic rings. The topological polar surface area (TPSA) is 62.7 Å². The average molecular weight is 458 g/mol. The molecular weight excluding hydrogens is 434 g/mol. The lowest BCUT2D eigenvalue weighted by Crippen LogP contribution is -2.37. The highest BCUT2D eigenvalue weighted by molar-refractivity contribution is 9.10. The number of aryl methyl sites for hydroxylation is 2. The van der Waals surface area contributed by atoms with Crippen LogP contribution in [0.5, 0.6) is 5.88 Å². The monoisotopic (exact) mass is 457 g/mol. The molecule has 4 rings (SSSR count). The minimum atomic E-state index is -0.298. The third-order valence-electron chi connectivity index (χ3n) is 5.72. The fourth-order valence-corrected chi connectivity index (χ4v) is 4.14. The molecule has 1 aromatic heterocycles. The van der Waals surface area contributed by atoms with Gasteiger partial charge in [-0.1, -0.05) is 6.07 Å². The van der Waals surface area contributed by atoms with Gasteiger partial charge in [-0.15, -0.1) is 0 Å². The van der Waals surface area contributed by atoms with Crippen molar-refractivity contribution in [1.82, 2.24) is 9.88 Å². The zero-order valence-electron chi connectivity index (χ0n) is 16.6. The smallest absolute Gasteiger partial charge is 0.228 e. The minimum Gasteiger partial charge on any atom is -0.472 e. The number of carbonyl (C=O) groups is 2. The van der Waals surface area contributed by atoms with Gasteiger partial charge in [0.05, 0.1) is 12.5 Å². The van der Waals surface area contributed by atoms with E-state index in [1.165, 1.54) is 5.56 Å². The molecule has 2 aliphatic heterocycles. The van der Waals surface area contributed by atoms with Gasteiger partial charge in [-0.2, -0.15) is 0 Å². The number of ether oxygens (including phenoxy) is 1. The Labute approximate surface area is 179 Å². The van der Waals surface area contributed by atoms with Crippen LogP contribution >= 0.6 is 15.9 Å². The van der Waals surface area contributed by atoms with Crippen LogP contribution in [0, 0.1) is 19.8 Å². The van der Waals surface area contributed by atoms with Gasteiger partial charge < -0.3 is 14.5 Å². The second-order valence-electron chi connectivity index (χ2n) is 7.80. The van der Waals surface area contributed by atoms with E-state index in [-0.39, 0.29) is 30.3 Å². The highest BCUT2D eigenvalue weighted by Crippen LogP contribution is 2.29. The van der Waals surface area contributed by atoms with Gasteiger partial charge in [-0.25, -0.2) is 4.98 Å². The number of likely N-dealkylation sites (tertiary alicyclic amines) is 1. The summed E-state index contributed by atoms with van der Waals surface area (Å²) in [6.07, 6.45) is 2.66. The van der Waals surface area contributed by atoms with Crippen molar-refractivity contribution in [3.05, 3.63) is 52.1 Å². The van der Waals surface area contributed by atoms with E-state index in [9.17, 15) is 9.59 Å². The van der Waals surface area contributed by atoms with Gasteiger partial charge in [0.1, 0.15) is 6.10 Å². The molecule has 0 radical (unpaired) electrons. The molecule has 0 bridgehead atoms. The summed E-state index contributed by atoms with van der Waals surface area (Å²) in [6.45, 7) is 5.70. The van der Waals surface area contributed by atoms with E-state index in [4.69, 9.17) is 4.74 Å². The van der Waals surface area contributed by atoms with Crippen molar-refractivity contribution in [3.63, 3.8) is 0 Å². The molecular formula is C22H24BrN3O3. The summed E-state index contributed by atoms with van der Waals surface area (Å²) >= 11 is 3.36. The van der Waals surface area contributed by atoms with Gasteiger partial charge in [-0.3, -0.25) is 9.59 Å². The molecule has 0 aliphatic carbocycles.